The summed E-state index contributed by atoms with van der Waals surface area (Å²) in [5.41, 5.74) is 3.79. The van der Waals surface area contributed by atoms with Crippen molar-refractivity contribution in [2.24, 2.45) is 0 Å². The molecule has 0 saturated carbocycles. The van der Waals surface area contributed by atoms with Crippen LogP contribution in [-0.2, 0) is 20.7 Å². The van der Waals surface area contributed by atoms with E-state index in [0.29, 0.717) is 11.3 Å². The number of esters is 2. The number of carbonyl (C=O) groups excluding carboxylic acids is 3. The van der Waals surface area contributed by atoms with Crippen molar-refractivity contribution < 1.29 is 23.9 Å². The molecular formula is C22H26N2O5. The van der Waals surface area contributed by atoms with Gasteiger partial charge < -0.3 is 19.8 Å². The predicted molar refractivity (Wildman–Crippen MR) is 107 cm³/mol. The highest BCUT2D eigenvalue weighted by Crippen LogP contribution is 2.29. The van der Waals surface area contributed by atoms with Gasteiger partial charge in [0, 0.05) is 5.69 Å². The Morgan fingerprint density at radius 3 is 2.66 bits per heavy atom. The minimum absolute atomic E-state index is 0.0719. The molecule has 1 aromatic carbocycles. The fourth-order valence-corrected chi connectivity index (χ4v) is 3.81. The lowest BCUT2D eigenvalue weighted by molar-refractivity contribution is -0.125. The SMILES string of the molecule is CCOC(=O)c1[nH]c(C)c(C(=O)OCC(=O)N[C@H]2CCCc3ccccc32)c1C. The molecule has 0 radical (unpaired) electrons. The highest BCUT2D eigenvalue weighted by atomic mass is 16.5. The normalized spacial score (nSPS) is 15.3. The number of nitrogens with one attached hydrogen (secondary N) is 2. The third kappa shape index (κ3) is 4.50. The minimum atomic E-state index is -0.647. The Labute approximate surface area is 169 Å². The molecule has 1 aromatic heterocycles. The molecule has 0 aliphatic heterocycles. The van der Waals surface area contributed by atoms with Crippen molar-refractivity contribution in [3.8, 4) is 0 Å². The Morgan fingerprint density at radius 1 is 1.14 bits per heavy atom. The maximum absolute atomic E-state index is 12.5. The van der Waals surface area contributed by atoms with Gasteiger partial charge in [-0.2, -0.15) is 0 Å². The van der Waals surface area contributed by atoms with E-state index in [-0.39, 0.29) is 36.4 Å². The van der Waals surface area contributed by atoms with Crippen LogP contribution in [0.2, 0.25) is 0 Å². The van der Waals surface area contributed by atoms with Crippen molar-refractivity contribution in [3.05, 3.63) is 57.9 Å². The van der Waals surface area contributed by atoms with Gasteiger partial charge in [-0.05, 0) is 56.7 Å². The molecule has 3 rings (SSSR count). The summed E-state index contributed by atoms with van der Waals surface area (Å²) >= 11 is 0. The molecule has 29 heavy (non-hydrogen) atoms. The topological polar surface area (TPSA) is 97.5 Å². The van der Waals surface area contributed by atoms with Gasteiger partial charge in [0.2, 0.25) is 0 Å². The number of carbonyl (C=O) groups is 3. The highest BCUT2D eigenvalue weighted by Gasteiger charge is 2.25. The van der Waals surface area contributed by atoms with Crippen molar-refractivity contribution >= 4 is 17.8 Å². The maximum atomic E-state index is 12.5. The summed E-state index contributed by atoms with van der Waals surface area (Å²) in [7, 11) is 0. The van der Waals surface area contributed by atoms with E-state index in [2.05, 4.69) is 16.4 Å². The van der Waals surface area contributed by atoms with Crippen molar-refractivity contribution in [3.63, 3.8) is 0 Å². The van der Waals surface area contributed by atoms with E-state index in [1.54, 1.807) is 20.8 Å². The first-order valence-corrected chi connectivity index (χ1v) is 9.83. The zero-order valence-corrected chi connectivity index (χ0v) is 17.0. The summed E-state index contributed by atoms with van der Waals surface area (Å²) in [4.78, 5) is 39.7. The molecule has 0 spiro atoms. The molecular weight excluding hydrogens is 372 g/mol. The number of rotatable bonds is 6. The molecule has 0 bridgehead atoms. The third-order valence-electron chi connectivity index (χ3n) is 5.16. The predicted octanol–water partition coefficient (Wildman–Crippen LogP) is 3.16. The van der Waals surface area contributed by atoms with Gasteiger partial charge in [0.1, 0.15) is 5.69 Å². The van der Waals surface area contributed by atoms with Crippen molar-refractivity contribution in [1.29, 1.82) is 0 Å². The number of aromatic nitrogens is 1. The molecule has 1 heterocycles. The van der Waals surface area contributed by atoms with Crippen LogP contribution < -0.4 is 5.32 Å². The molecule has 154 valence electrons. The van der Waals surface area contributed by atoms with Gasteiger partial charge in [-0.15, -0.1) is 0 Å². The number of H-pyrrole nitrogens is 1. The lowest BCUT2D eigenvalue weighted by Crippen LogP contribution is -2.34. The maximum Gasteiger partial charge on any atom is 0.355 e. The molecule has 1 amide bonds. The molecule has 1 aliphatic rings. The van der Waals surface area contributed by atoms with E-state index in [1.807, 2.05) is 18.2 Å². The van der Waals surface area contributed by atoms with Crippen LogP contribution >= 0.6 is 0 Å². The van der Waals surface area contributed by atoms with Crippen LogP contribution in [0.25, 0.3) is 0 Å². The van der Waals surface area contributed by atoms with Gasteiger partial charge in [-0.1, -0.05) is 24.3 Å². The Kier molecular flexibility index (Phi) is 6.36. The Balaban J connectivity index is 1.62. The summed E-state index contributed by atoms with van der Waals surface area (Å²) in [6, 6.07) is 7.98. The van der Waals surface area contributed by atoms with Crippen LogP contribution in [0.5, 0.6) is 0 Å². The molecule has 0 saturated heterocycles. The first kappa shape index (κ1) is 20.6. The summed E-state index contributed by atoms with van der Waals surface area (Å²) in [6.45, 7) is 4.88. The quantitative estimate of drug-likeness (QED) is 0.729. The first-order valence-electron chi connectivity index (χ1n) is 9.83. The number of amides is 1. The van der Waals surface area contributed by atoms with Crippen LogP contribution in [0.3, 0.4) is 0 Å². The average Bonchev–Trinajstić information content (AvgIpc) is 3.01. The van der Waals surface area contributed by atoms with Crippen molar-refractivity contribution in [2.45, 2.75) is 46.1 Å². The van der Waals surface area contributed by atoms with Gasteiger partial charge in [0.25, 0.3) is 5.91 Å². The second-order valence-corrected chi connectivity index (χ2v) is 7.13. The van der Waals surface area contributed by atoms with E-state index in [9.17, 15) is 14.4 Å². The molecule has 7 nitrogen and oxygen atoms in total. The standard InChI is InChI=1S/C22H26N2O5/c1-4-28-22(27)20-13(2)19(14(3)23-20)21(26)29-12-18(25)24-17-11-7-9-15-8-5-6-10-16(15)17/h5-6,8,10,17,23H,4,7,9,11-12H2,1-3H3,(H,24,25)/t17-/m0/s1. The van der Waals surface area contributed by atoms with Crippen LogP contribution in [0.4, 0.5) is 0 Å². The second-order valence-electron chi connectivity index (χ2n) is 7.13. The van der Waals surface area contributed by atoms with Gasteiger partial charge in [-0.25, -0.2) is 9.59 Å². The van der Waals surface area contributed by atoms with E-state index in [0.717, 1.165) is 24.8 Å². The number of hydrogen-bond acceptors (Lipinski definition) is 5. The molecule has 2 aromatic rings. The molecule has 0 fully saturated rings. The zero-order chi connectivity index (χ0) is 21.0. The molecule has 0 unspecified atom stereocenters. The highest BCUT2D eigenvalue weighted by molar-refractivity contribution is 5.99. The number of benzene rings is 1. The fraction of sp³-hybridized carbons (Fsp3) is 0.409. The summed E-state index contributed by atoms with van der Waals surface area (Å²) in [5, 5.41) is 2.95. The lowest BCUT2D eigenvalue weighted by Gasteiger charge is -2.26. The smallest absolute Gasteiger partial charge is 0.355 e. The van der Waals surface area contributed by atoms with Crippen LogP contribution in [0.1, 0.15) is 69.0 Å². The molecule has 1 aliphatic carbocycles. The Hall–Kier alpha value is -3.09. The van der Waals surface area contributed by atoms with Crippen molar-refractivity contribution in [1.82, 2.24) is 10.3 Å². The van der Waals surface area contributed by atoms with Crippen LogP contribution in [-0.4, -0.2) is 36.0 Å². The van der Waals surface area contributed by atoms with Crippen LogP contribution in [0, 0.1) is 13.8 Å². The summed E-state index contributed by atoms with van der Waals surface area (Å²) in [6.07, 6.45) is 2.86. The number of hydrogen-bond donors (Lipinski definition) is 2. The van der Waals surface area contributed by atoms with E-state index < -0.39 is 11.9 Å². The molecule has 2 N–H and O–H groups in total. The second kappa shape index (κ2) is 8.94. The minimum Gasteiger partial charge on any atom is -0.461 e. The Morgan fingerprint density at radius 2 is 1.90 bits per heavy atom. The van der Waals surface area contributed by atoms with Crippen molar-refractivity contribution in [2.75, 3.05) is 13.2 Å². The summed E-state index contributed by atoms with van der Waals surface area (Å²) in [5.74, 6) is -1.52. The van der Waals surface area contributed by atoms with E-state index in [4.69, 9.17) is 9.47 Å². The number of fused-ring (bicyclic) bond motifs is 1. The molecule has 7 heteroatoms. The first-order chi connectivity index (χ1) is 13.9. The Bertz CT molecular complexity index is 931. The van der Waals surface area contributed by atoms with E-state index >= 15 is 0 Å². The average molecular weight is 398 g/mol. The fourth-order valence-electron chi connectivity index (χ4n) is 3.81. The largest absolute Gasteiger partial charge is 0.461 e. The van der Waals surface area contributed by atoms with E-state index in [1.165, 1.54) is 5.56 Å². The lowest BCUT2D eigenvalue weighted by atomic mass is 9.88. The van der Waals surface area contributed by atoms with Gasteiger partial charge in [0.15, 0.2) is 6.61 Å². The number of ether oxygens (including phenoxy) is 2. The van der Waals surface area contributed by atoms with Crippen LogP contribution in [0.15, 0.2) is 24.3 Å². The third-order valence-corrected chi connectivity index (χ3v) is 5.16. The van der Waals surface area contributed by atoms with Gasteiger partial charge in [0.05, 0.1) is 18.2 Å². The van der Waals surface area contributed by atoms with Gasteiger partial charge >= 0.3 is 11.9 Å². The summed E-state index contributed by atoms with van der Waals surface area (Å²) < 4.78 is 10.2. The van der Waals surface area contributed by atoms with Gasteiger partial charge in [-0.3, -0.25) is 4.79 Å². The number of aryl methyl sites for hydroxylation is 2. The monoisotopic (exact) mass is 398 g/mol. The zero-order valence-electron chi connectivity index (χ0n) is 17.0. The number of aromatic amines is 1. The molecule has 1 atom stereocenters.